The van der Waals surface area contributed by atoms with Gasteiger partial charge in [0.1, 0.15) is 11.6 Å². The minimum atomic E-state index is 0.184. The number of nitrogens with zero attached hydrogens (tertiary/aromatic N) is 3. The van der Waals surface area contributed by atoms with Crippen molar-refractivity contribution in [3.05, 3.63) is 11.6 Å². The lowest BCUT2D eigenvalue weighted by Gasteiger charge is -2.33. The Balaban J connectivity index is 2.04. The van der Waals surface area contributed by atoms with Gasteiger partial charge in [0.2, 0.25) is 0 Å². The first-order chi connectivity index (χ1) is 9.15. The van der Waals surface area contributed by atoms with E-state index in [4.69, 9.17) is 0 Å². The standard InChI is InChI=1S/C15H26N4/c1-11(2)15(8-9-16-10-15)14-18-17-12(3)19(14)13-6-4-5-7-13/h11,13,16H,4-10H2,1-3H3. The first-order valence-corrected chi connectivity index (χ1v) is 7.78. The Bertz CT molecular complexity index is 437. The van der Waals surface area contributed by atoms with Gasteiger partial charge in [-0.15, -0.1) is 10.2 Å². The first kappa shape index (κ1) is 13.1. The van der Waals surface area contributed by atoms with Gasteiger partial charge in [0.25, 0.3) is 0 Å². The predicted molar refractivity (Wildman–Crippen MR) is 76.3 cm³/mol. The summed E-state index contributed by atoms with van der Waals surface area (Å²) in [6, 6.07) is 0.640. The molecule has 106 valence electrons. The van der Waals surface area contributed by atoms with E-state index in [0.717, 1.165) is 18.9 Å². The van der Waals surface area contributed by atoms with Gasteiger partial charge in [0, 0.05) is 18.0 Å². The van der Waals surface area contributed by atoms with Crippen LogP contribution in [0.2, 0.25) is 0 Å². The average molecular weight is 262 g/mol. The Hall–Kier alpha value is -0.900. The van der Waals surface area contributed by atoms with Crippen LogP contribution in [0.5, 0.6) is 0 Å². The van der Waals surface area contributed by atoms with Crippen molar-refractivity contribution in [1.82, 2.24) is 20.1 Å². The molecule has 0 radical (unpaired) electrons. The fourth-order valence-electron chi connectivity index (χ4n) is 3.96. The van der Waals surface area contributed by atoms with Gasteiger partial charge >= 0.3 is 0 Å². The van der Waals surface area contributed by atoms with Crippen molar-refractivity contribution in [2.45, 2.75) is 64.3 Å². The summed E-state index contributed by atoms with van der Waals surface area (Å²) in [6.45, 7) is 8.93. The average Bonchev–Trinajstić information content (AvgIpc) is 3.07. The van der Waals surface area contributed by atoms with Crippen LogP contribution in [0.1, 0.15) is 63.6 Å². The summed E-state index contributed by atoms with van der Waals surface area (Å²) in [5.41, 5.74) is 0.184. The number of aromatic nitrogens is 3. The van der Waals surface area contributed by atoms with E-state index < -0.39 is 0 Å². The van der Waals surface area contributed by atoms with Crippen molar-refractivity contribution in [3.63, 3.8) is 0 Å². The molecule has 0 spiro atoms. The molecule has 1 aliphatic carbocycles. The molecule has 0 aromatic carbocycles. The van der Waals surface area contributed by atoms with Gasteiger partial charge in [0.15, 0.2) is 0 Å². The van der Waals surface area contributed by atoms with Gasteiger partial charge in [-0.05, 0) is 38.6 Å². The zero-order chi connectivity index (χ0) is 13.5. The third-order valence-corrected chi connectivity index (χ3v) is 5.29. The molecular formula is C15H26N4. The molecule has 1 aliphatic heterocycles. The summed E-state index contributed by atoms with van der Waals surface area (Å²) in [4.78, 5) is 0. The van der Waals surface area contributed by atoms with Crippen LogP contribution < -0.4 is 5.32 Å². The second kappa shape index (κ2) is 4.89. The summed E-state index contributed by atoms with van der Waals surface area (Å²) in [7, 11) is 0. The summed E-state index contributed by atoms with van der Waals surface area (Å²) < 4.78 is 2.47. The van der Waals surface area contributed by atoms with E-state index in [-0.39, 0.29) is 5.41 Å². The van der Waals surface area contributed by atoms with Crippen LogP contribution in [0.15, 0.2) is 0 Å². The molecule has 2 aliphatic rings. The predicted octanol–water partition coefficient (Wildman–Crippen LogP) is 2.59. The maximum Gasteiger partial charge on any atom is 0.141 e. The summed E-state index contributed by atoms with van der Waals surface area (Å²) >= 11 is 0. The molecule has 1 unspecified atom stereocenters. The molecule has 4 nitrogen and oxygen atoms in total. The Morgan fingerprint density at radius 3 is 2.58 bits per heavy atom. The summed E-state index contributed by atoms with van der Waals surface area (Å²) in [5.74, 6) is 2.96. The third kappa shape index (κ3) is 2.00. The van der Waals surface area contributed by atoms with E-state index in [1.54, 1.807) is 0 Å². The number of hydrogen-bond acceptors (Lipinski definition) is 3. The van der Waals surface area contributed by atoms with E-state index in [2.05, 4.69) is 40.9 Å². The second-order valence-electron chi connectivity index (χ2n) is 6.62. The highest BCUT2D eigenvalue weighted by atomic mass is 15.3. The van der Waals surface area contributed by atoms with Crippen LogP contribution >= 0.6 is 0 Å². The van der Waals surface area contributed by atoms with Gasteiger partial charge in [-0.2, -0.15) is 0 Å². The van der Waals surface area contributed by atoms with Crippen molar-refractivity contribution in [2.75, 3.05) is 13.1 Å². The van der Waals surface area contributed by atoms with E-state index in [9.17, 15) is 0 Å². The summed E-state index contributed by atoms with van der Waals surface area (Å²) in [6.07, 6.45) is 6.50. The molecule has 0 bridgehead atoms. The zero-order valence-corrected chi connectivity index (χ0v) is 12.4. The van der Waals surface area contributed by atoms with Crippen molar-refractivity contribution < 1.29 is 0 Å². The van der Waals surface area contributed by atoms with Crippen molar-refractivity contribution in [2.24, 2.45) is 5.92 Å². The molecule has 1 saturated heterocycles. The minimum Gasteiger partial charge on any atom is -0.316 e. The fraction of sp³-hybridized carbons (Fsp3) is 0.867. The van der Waals surface area contributed by atoms with Gasteiger partial charge in [-0.25, -0.2) is 0 Å². The topological polar surface area (TPSA) is 42.7 Å². The molecule has 1 atom stereocenters. The van der Waals surface area contributed by atoms with E-state index in [1.165, 1.54) is 37.9 Å². The van der Waals surface area contributed by atoms with Gasteiger partial charge in [-0.3, -0.25) is 0 Å². The normalized spacial score (nSPS) is 28.6. The lowest BCUT2D eigenvalue weighted by atomic mass is 9.75. The highest BCUT2D eigenvalue weighted by molar-refractivity contribution is 5.17. The first-order valence-electron chi connectivity index (χ1n) is 7.78. The zero-order valence-electron chi connectivity index (χ0n) is 12.4. The third-order valence-electron chi connectivity index (χ3n) is 5.29. The van der Waals surface area contributed by atoms with Gasteiger partial charge < -0.3 is 9.88 Å². The fourth-order valence-corrected chi connectivity index (χ4v) is 3.96. The Kier molecular flexibility index (Phi) is 3.37. The molecule has 1 saturated carbocycles. The highest BCUT2D eigenvalue weighted by Crippen LogP contribution is 2.40. The minimum absolute atomic E-state index is 0.184. The van der Waals surface area contributed by atoms with E-state index in [0.29, 0.717) is 12.0 Å². The van der Waals surface area contributed by atoms with Crippen molar-refractivity contribution >= 4 is 0 Å². The molecule has 2 heterocycles. The van der Waals surface area contributed by atoms with Crippen LogP contribution in [0, 0.1) is 12.8 Å². The largest absolute Gasteiger partial charge is 0.316 e. The van der Waals surface area contributed by atoms with Gasteiger partial charge in [-0.1, -0.05) is 26.7 Å². The number of aryl methyl sites for hydroxylation is 1. The Labute approximate surface area is 116 Å². The Morgan fingerprint density at radius 2 is 2.00 bits per heavy atom. The smallest absolute Gasteiger partial charge is 0.141 e. The monoisotopic (exact) mass is 262 g/mol. The molecule has 1 N–H and O–H groups in total. The molecular weight excluding hydrogens is 236 g/mol. The van der Waals surface area contributed by atoms with Crippen LogP contribution in [0.25, 0.3) is 0 Å². The SMILES string of the molecule is Cc1nnc(C2(C(C)C)CCNC2)n1C1CCCC1. The molecule has 1 aromatic heterocycles. The van der Waals surface area contributed by atoms with Crippen molar-refractivity contribution in [3.8, 4) is 0 Å². The maximum atomic E-state index is 4.61. The van der Waals surface area contributed by atoms with Gasteiger partial charge in [0.05, 0.1) is 0 Å². The number of rotatable bonds is 3. The van der Waals surface area contributed by atoms with Crippen molar-refractivity contribution in [1.29, 1.82) is 0 Å². The van der Waals surface area contributed by atoms with Crippen LogP contribution in [-0.2, 0) is 5.41 Å². The maximum absolute atomic E-state index is 4.61. The summed E-state index contributed by atoms with van der Waals surface area (Å²) in [5, 5.41) is 12.6. The van der Waals surface area contributed by atoms with Crippen LogP contribution in [-0.4, -0.2) is 27.9 Å². The van der Waals surface area contributed by atoms with E-state index in [1.807, 2.05) is 0 Å². The molecule has 0 amide bonds. The second-order valence-corrected chi connectivity index (χ2v) is 6.62. The highest BCUT2D eigenvalue weighted by Gasteiger charge is 2.44. The Morgan fingerprint density at radius 1 is 1.26 bits per heavy atom. The van der Waals surface area contributed by atoms with Crippen LogP contribution in [0.4, 0.5) is 0 Å². The molecule has 3 rings (SSSR count). The number of hydrogen-bond donors (Lipinski definition) is 1. The molecule has 19 heavy (non-hydrogen) atoms. The molecule has 1 aromatic rings. The lowest BCUT2D eigenvalue weighted by molar-refractivity contribution is 0.294. The van der Waals surface area contributed by atoms with Crippen LogP contribution in [0.3, 0.4) is 0 Å². The molecule has 4 heteroatoms. The lowest BCUT2D eigenvalue weighted by Crippen LogP contribution is -2.38. The number of nitrogens with one attached hydrogen (secondary N) is 1. The quantitative estimate of drug-likeness (QED) is 0.910. The van der Waals surface area contributed by atoms with E-state index >= 15 is 0 Å². The molecule has 2 fully saturated rings.